The van der Waals surface area contributed by atoms with Crippen molar-refractivity contribution in [3.63, 3.8) is 0 Å². The molecule has 2 rings (SSSR count). The Morgan fingerprint density at radius 3 is 2.68 bits per heavy atom. The molecule has 2 N–H and O–H groups in total. The first kappa shape index (κ1) is 16.2. The second-order valence-electron chi connectivity index (χ2n) is 5.82. The second kappa shape index (κ2) is 6.27. The molecule has 2 aromatic rings. The minimum Gasteiger partial charge on any atom is -0.481 e. The number of carboxylic acid groups (broad SMARTS) is 1. The highest BCUT2D eigenvalue weighted by atomic mass is 32.1. The summed E-state index contributed by atoms with van der Waals surface area (Å²) in [6.07, 6.45) is 1.30. The Morgan fingerprint density at radius 1 is 1.45 bits per heavy atom. The Kier molecular flexibility index (Phi) is 4.60. The molecule has 0 spiro atoms. The van der Waals surface area contributed by atoms with Crippen LogP contribution in [0.5, 0.6) is 0 Å². The number of carbonyl (C=O) groups is 2. The zero-order chi connectivity index (χ0) is 16.3. The lowest BCUT2D eigenvalue weighted by Gasteiger charge is -2.18. The molecule has 118 valence electrons. The summed E-state index contributed by atoms with van der Waals surface area (Å²) in [5, 5.41) is 17.7. The van der Waals surface area contributed by atoms with E-state index in [1.54, 1.807) is 10.7 Å². The quantitative estimate of drug-likeness (QED) is 0.878. The maximum absolute atomic E-state index is 12.2. The first-order chi connectivity index (χ1) is 10.3. The minimum atomic E-state index is -0.980. The van der Waals surface area contributed by atoms with Gasteiger partial charge in [0.25, 0.3) is 5.91 Å². The van der Waals surface area contributed by atoms with Crippen molar-refractivity contribution in [2.75, 3.05) is 0 Å². The van der Waals surface area contributed by atoms with Gasteiger partial charge in [0.2, 0.25) is 5.82 Å². The third kappa shape index (κ3) is 3.91. The van der Waals surface area contributed by atoms with Crippen LogP contribution in [0, 0.1) is 0 Å². The van der Waals surface area contributed by atoms with Gasteiger partial charge in [0.15, 0.2) is 0 Å². The molecule has 1 atom stereocenters. The highest BCUT2D eigenvalue weighted by Crippen LogP contribution is 2.22. The van der Waals surface area contributed by atoms with Crippen molar-refractivity contribution in [2.24, 2.45) is 0 Å². The number of aromatic nitrogens is 3. The van der Waals surface area contributed by atoms with Crippen LogP contribution in [-0.2, 0) is 10.3 Å². The smallest absolute Gasteiger partial charge is 0.305 e. The topological polar surface area (TPSA) is 97.1 Å². The van der Waals surface area contributed by atoms with Crippen LogP contribution in [0.3, 0.4) is 0 Å². The summed E-state index contributed by atoms with van der Waals surface area (Å²) in [5.41, 5.74) is -0.278. The number of amides is 1. The molecule has 0 bridgehead atoms. The molecular formula is C14H18N4O3S. The van der Waals surface area contributed by atoms with E-state index in [9.17, 15) is 9.59 Å². The van der Waals surface area contributed by atoms with E-state index in [1.807, 2.05) is 32.2 Å². The number of hydrogen-bond acceptors (Lipinski definition) is 5. The van der Waals surface area contributed by atoms with Gasteiger partial charge in [0.1, 0.15) is 6.33 Å². The fraction of sp³-hybridized carbons (Fsp3) is 0.429. The Morgan fingerprint density at radius 2 is 2.18 bits per heavy atom. The van der Waals surface area contributed by atoms with Crippen molar-refractivity contribution in [1.82, 2.24) is 20.1 Å². The van der Waals surface area contributed by atoms with Gasteiger partial charge in [0, 0.05) is 4.88 Å². The first-order valence-corrected chi connectivity index (χ1v) is 7.63. The summed E-state index contributed by atoms with van der Waals surface area (Å²) in [6, 6.07) is 3.01. The Bertz CT molecular complexity index is 658. The van der Waals surface area contributed by atoms with Crippen LogP contribution in [0.4, 0.5) is 0 Å². The molecule has 7 nitrogen and oxygen atoms in total. The molecule has 1 unspecified atom stereocenters. The van der Waals surface area contributed by atoms with Gasteiger partial charge >= 0.3 is 5.97 Å². The van der Waals surface area contributed by atoms with Crippen molar-refractivity contribution >= 4 is 23.2 Å². The molecule has 22 heavy (non-hydrogen) atoms. The summed E-state index contributed by atoms with van der Waals surface area (Å²) in [6.45, 7) is 5.84. The largest absolute Gasteiger partial charge is 0.481 e. The molecule has 8 heteroatoms. The van der Waals surface area contributed by atoms with Crippen LogP contribution in [0.1, 0.15) is 48.7 Å². The van der Waals surface area contributed by atoms with E-state index in [4.69, 9.17) is 5.11 Å². The monoisotopic (exact) mass is 322 g/mol. The van der Waals surface area contributed by atoms with Crippen molar-refractivity contribution in [1.29, 1.82) is 0 Å². The summed E-state index contributed by atoms with van der Waals surface area (Å²) in [5.74, 6) is -1.43. The van der Waals surface area contributed by atoms with Gasteiger partial charge in [-0.05, 0) is 32.2 Å². The van der Waals surface area contributed by atoms with E-state index in [2.05, 4.69) is 15.4 Å². The summed E-state index contributed by atoms with van der Waals surface area (Å²) >= 11 is 1.40. The maximum Gasteiger partial charge on any atom is 0.305 e. The zero-order valence-corrected chi connectivity index (χ0v) is 13.4. The molecule has 0 aliphatic rings. The van der Waals surface area contributed by atoms with E-state index in [0.717, 1.165) is 4.88 Å². The molecule has 2 heterocycles. The minimum absolute atomic E-state index is 0.0295. The number of hydrogen-bond donors (Lipinski definition) is 2. The summed E-state index contributed by atoms with van der Waals surface area (Å²) in [7, 11) is 0. The average Bonchev–Trinajstić information content (AvgIpc) is 3.08. The summed E-state index contributed by atoms with van der Waals surface area (Å²) < 4.78 is 1.60. The van der Waals surface area contributed by atoms with E-state index < -0.39 is 17.9 Å². The second-order valence-corrected chi connectivity index (χ2v) is 6.80. The number of aliphatic carboxylic acids is 1. The Hall–Kier alpha value is -2.22. The lowest BCUT2D eigenvalue weighted by Crippen LogP contribution is -2.31. The van der Waals surface area contributed by atoms with E-state index >= 15 is 0 Å². The highest BCUT2D eigenvalue weighted by molar-refractivity contribution is 7.10. The van der Waals surface area contributed by atoms with Crippen LogP contribution < -0.4 is 5.32 Å². The number of nitrogens with zero attached hydrogens (tertiary/aromatic N) is 3. The molecule has 0 fully saturated rings. The van der Waals surface area contributed by atoms with Crippen LogP contribution in [0.2, 0.25) is 0 Å². The van der Waals surface area contributed by atoms with E-state index in [0.29, 0.717) is 0 Å². The van der Waals surface area contributed by atoms with Gasteiger partial charge in [-0.3, -0.25) is 9.59 Å². The van der Waals surface area contributed by atoms with Crippen LogP contribution in [0.25, 0.3) is 0 Å². The van der Waals surface area contributed by atoms with Gasteiger partial charge in [-0.25, -0.2) is 9.67 Å². The Balaban J connectivity index is 2.14. The standard InChI is InChI=1S/C14H18N4O3S/c1-14(2,3)18-8-15-12(17-18)13(21)16-9(7-11(19)20)10-5-4-6-22-10/h4-6,8-9H,7H2,1-3H3,(H,16,21)(H,19,20). The van der Waals surface area contributed by atoms with Gasteiger partial charge < -0.3 is 10.4 Å². The van der Waals surface area contributed by atoms with Gasteiger partial charge in [0.05, 0.1) is 18.0 Å². The third-order valence-electron chi connectivity index (χ3n) is 2.95. The van der Waals surface area contributed by atoms with Crippen molar-refractivity contribution in [3.05, 3.63) is 34.5 Å². The van der Waals surface area contributed by atoms with E-state index in [1.165, 1.54) is 17.7 Å². The third-order valence-corrected chi connectivity index (χ3v) is 3.94. The number of rotatable bonds is 5. The predicted molar refractivity (Wildman–Crippen MR) is 81.8 cm³/mol. The molecule has 0 saturated heterocycles. The lowest BCUT2D eigenvalue weighted by atomic mass is 10.1. The van der Waals surface area contributed by atoms with E-state index in [-0.39, 0.29) is 17.8 Å². The predicted octanol–water partition coefficient (Wildman–Crippen LogP) is 2.04. The van der Waals surface area contributed by atoms with Crippen LogP contribution in [0.15, 0.2) is 23.8 Å². The molecule has 0 saturated carbocycles. The van der Waals surface area contributed by atoms with Gasteiger partial charge in [-0.1, -0.05) is 6.07 Å². The number of nitrogens with one attached hydrogen (secondary N) is 1. The number of carbonyl (C=O) groups excluding carboxylic acids is 1. The fourth-order valence-corrected chi connectivity index (χ4v) is 2.58. The first-order valence-electron chi connectivity index (χ1n) is 6.75. The van der Waals surface area contributed by atoms with Crippen LogP contribution >= 0.6 is 11.3 Å². The number of thiophene rings is 1. The average molecular weight is 322 g/mol. The SMILES string of the molecule is CC(C)(C)n1cnc(C(=O)NC(CC(=O)O)c2cccs2)n1. The zero-order valence-electron chi connectivity index (χ0n) is 12.6. The fourth-order valence-electron chi connectivity index (χ4n) is 1.80. The Labute approximate surface area is 132 Å². The van der Waals surface area contributed by atoms with Crippen molar-refractivity contribution in [3.8, 4) is 0 Å². The lowest BCUT2D eigenvalue weighted by molar-refractivity contribution is -0.137. The summed E-state index contributed by atoms with van der Waals surface area (Å²) in [4.78, 5) is 28.0. The van der Waals surface area contributed by atoms with Gasteiger partial charge in [-0.2, -0.15) is 0 Å². The maximum atomic E-state index is 12.2. The normalized spacial score (nSPS) is 12.9. The molecule has 1 amide bonds. The molecule has 2 aromatic heterocycles. The van der Waals surface area contributed by atoms with Crippen LogP contribution in [-0.4, -0.2) is 31.7 Å². The highest BCUT2D eigenvalue weighted by Gasteiger charge is 2.23. The van der Waals surface area contributed by atoms with Gasteiger partial charge in [-0.15, -0.1) is 16.4 Å². The molecule has 0 radical (unpaired) electrons. The molecule has 0 aromatic carbocycles. The molecule has 0 aliphatic heterocycles. The number of carboxylic acids is 1. The van der Waals surface area contributed by atoms with Crippen molar-refractivity contribution < 1.29 is 14.7 Å². The molecular weight excluding hydrogens is 304 g/mol. The molecule has 0 aliphatic carbocycles. The van der Waals surface area contributed by atoms with Crippen molar-refractivity contribution in [2.45, 2.75) is 38.8 Å².